The van der Waals surface area contributed by atoms with Crippen LogP contribution in [0.4, 0.5) is 5.13 Å². The highest BCUT2D eigenvalue weighted by Gasteiger charge is 2.17. The van der Waals surface area contributed by atoms with E-state index in [1.165, 1.54) is 11.3 Å². The summed E-state index contributed by atoms with van der Waals surface area (Å²) in [6, 6.07) is 0. The maximum Gasteiger partial charge on any atom is 0.226 e. The molecule has 2 heterocycles. The minimum atomic E-state index is 0.00343. The molecule has 0 radical (unpaired) electrons. The number of allylic oxidation sites excluding steroid dienone is 1. The van der Waals surface area contributed by atoms with E-state index < -0.39 is 0 Å². The highest BCUT2D eigenvalue weighted by atomic mass is 32.1. The molecule has 0 spiro atoms. The number of aromatic amines is 1. The van der Waals surface area contributed by atoms with Gasteiger partial charge in [-0.1, -0.05) is 37.2 Å². The maximum atomic E-state index is 11.9. The zero-order valence-corrected chi connectivity index (χ0v) is 15.0. The Morgan fingerprint density at radius 3 is 3.00 bits per heavy atom. The average molecular weight is 352 g/mol. The number of carbonyl (C=O) groups is 1. The topological polar surface area (TPSA) is 75.6 Å². The highest BCUT2D eigenvalue weighted by molar-refractivity contribution is 7.71. The number of H-pyrrole nitrogens is 1. The van der Waals surface area contributed by atoms with E-state index >= 15 is 0 Å². The van der Waals surface area contributed by atoms with E-state index in [4.69, 9.17) is 12.2 Å². The van der Waals surface area contributed by atoms with Crippen LogP contribution in [0.5, 0.6) is 0 Å². The van der Waals surface area contributed by atoms with Gasteiger partial charge in [-0.25, -0.2) is 4.98 Å². The molecule has 2 rings (SSSR count). The number of amides is 1. The Balaban J connectivity index is 2.17. The molecule has 0 saturated carbocycles. The lowest BCUT2D eigenvalue weighted by atomic mass is 10.2. The van der Waals surface area contributed by atoms with Gasteiger partial charge < -0.3 is 5.32 Å². The molecule has 0 fully saturated rings. The molecular weight excluding hydrogens is 330 g/mol. The van der Waals surface area contributed by atoms with E-state index in [1.54, 1.807) is 6.08 Å². The minimum Gasteiger partial charge on any atom is -0.302 e. The van der Waals surface area contributed by atoms with Gasteiger partial charge in [0, 0.05) is 13.0 Å². The lowest BCUT2D eigenvalue weighted by Crippen LogP contribution is -2.10. The number of thiazole rings is 1. The van der Waals surface area contributed by atoms with E-state index in [-0.39, 0.29) is 5.91 Å². The van der Waals surface area contributed by atoms with Crippen molar-refractivity contribution in [3.05, 3.63) is 23.1 Å². The molecule has 6 nitrogen and oxygen atoms in total. The normalized spacial score (nSPS) is 10.7. The van der Waals surface area contributed by atoms with Crippen LogP contribution in [0.3, 0.4) is 0 Å². The Morgan fingerprint density at radius 1 is 1.52 bits per heavy atom. The van der Waals surface area contributed by atoms with Crippen LogP contribution >= 0.6 is 23.6 Å². The zero-order valence-electron chi connectivity index (χ0n) is 13.4. The third kappa shape index (κ3) is 4.35. The maximum absolute atomic E-state index is 11.9. The lowest BCUT2D eigenvalue weighted by Gasteiger charge is -2.01. The summed E-state index contributed by atoms with van der Waals surface area (Å²) in [6.07, 6.45) is 5.35. The van der Waals surface area contributed by atoms with Gasteiger partial charge in [-0.15, -0.1) is 6.58 Å². The highest BCUT2D eigenvalue weighted by Crippen LogP contribution is 2.31. The summed E-state index contributed by atoms with van der Waals surface area (Å²) in [7, 11) is 0. The summed E-state index contributed by atoms with van der Waals surface area (Å²) < 4.78 is 2.40. The van der Waals surface area contributed by atoms with E-state index in [9.17, 15) is 4.79 Å². The predicted octanol–water partition coefficient (Wildman–Crippen LogP) is 4.08. The van der Waals surface area contributed by atoms with Crippen molar-refractivity contribution in [2.75, 3.05) is 5.32 Å². The first-order chi connectivity index (χ1) is 11.1. The van der Waals surface area contributed by atoms with Gasteiger partial charge in [0.25, 0.3) is 0 Å². The van der Waals surface area contributed by atoms with Gasteiger partial charge in [-0.3, -0.25) is 14.5 Å². The zero-order chi connectivity index (χ0) is 16.8. The molecular formula is C15H21N5OS2. The molecule has 0 aliphatic heterocycles. The third-order valence-electron chi connectivity index (χ3n) is 3.32. The van der Waals surface area contributed by atoms with Crippen LogP contribution in [-0.2, 0) is 11.3 Å². The Bertz CT molecular complexity index is 743. The number of nitrogens with one attached hydrogen (secondary N) is 2. The number of carbonyl (C=O) groups excluding carboxylic acids is 1. The number of anilines is 1. The fourth-order valence-corrected chi connectivity index (χ4v) is 3.35. The van der Waals surface area contributed by atoms with Crippen molar-refractivity contribution < 1.29 is 4.79 Å². The first kappa shape index (κ1) is 17.6. The van der Waals surface area contributed by atoms with Crippen molar-refractivity contribution >= 4 is 34.6 Å². The molecule has 0 aliphatic carbocycles. The lowest BCUT2D eigenvalue weighted by molar-refractivity contribution is -0.116. The number of rotatable bonds is 8. The summed E-state index contributed by atoms with van der Waals surface area (Å²) in [6.45, 7) is 8.32. The molecule has 0 bridgehead atoms. The summed E-state index contributed by atoms with van der Waals surface area (Å²) >= 11 is 6.64. The fourth-order valence-electron chi connectivity index (χ4n) is 2.16. The molecule has 0 saturated heterocycles. The molecule has 2 aromatic heterocycles. The van der Waals surface area contributed by atoms with Gasteiger partial charge in [0.1, 0.15) is 0 Å². The Hall–Kier alpha value is -1.80. The number of hydrogen-bond acceptors (Lipinski definition) is 5. The van der Waals surface area contributed by atoms with Crippen molar-refractivity contribution in [1.29, 1.82) is 0 Å². The number of aromatic nitrogens is 4. The quantitative estimate of drug-likeness (QED) is 0.427. The van der Waals surface area contributed by atoms with Crippen LogP contribution in [0.2, 0.25) is 0 Å². The Kier molecular flexibility index (Phi) is 6.23. The number of unbranched alkanes of at least 4 members (excludes halogenated alkanes) is 2. The van der Waals surface area contributed by atoms with Gasteiger partial charge in [-0.2, -0.15) is 5.10 Å². The van der Waals surface area contributed by atoms with Gasteiger partial charge >= 0.3 is 0 Å². The molecule has 0 atom stereocenters. The molecule has 2 N–H and O–H groups in total. The smallest absolute Gasteiger partial charge is 0.226 e. The Labute approximate surface area is 144 Å². The van der Waals surface area contributed by atoms with Crippen molar-refractivity contribution in [2.45, 2.75) is 46.1 Å². The van der Waals surface area contributed by atoms with Gasteiger partial charge in [0.15, 0.2) is 15.7 Å². The molecule has 23 heavy (non-hydrogen) atoms. The monoisotopic (exact) mass is 351 g/mol. The number of nitrogens with zero attached hydrogens (tertiary/aromatic N) is 3. The first-order valence-electron chi connectivity index (χ1n) is 7.60. The van der Waals surface area contributed by atoms with Crippen molar-refractivity contribution in [3.63, 3.8) is 0 Å². The van der Waals surface area contributed by atoms with Gasteiger partial charge in [-0.05, 0) is 25.6 Å². The van der Waals surface area contributed by atoms with Gasteiger partial charge in [0.05, 0.1) is 10.6 Å². The summed E-state index contributed by atoms with van der Waals surface area (Å²) in [5.74, 6) is 0.722. The van der Waals surface area contributed by atoms with Crippen LogP contribution in [0.25, 0.3) is 10.7 Å². The van der Waals surface area contributed by atoms with Crippen molar-refractivity contribution in [1.82, 2.24) is 19.7 Å². The van der Waals surface area contributed by atoms with Crippen LogP contribution < -0.4 is 5.32 Å². The van der Waals surface area contributed by atoms with Crippen LogP contribution in [0.15, 0.2) is 12.7 Å². The first-order valence-corrected chi connectivity index (χ1v) is 8.83. The molecule has 8 heteroatoms. The molecule has 0 unspecified atom stereocenters. The predicted molar refractivity (Wildman–Crippen MR) is 96.2 cm³/mol. The van der Waals surface area contributed by atoms with Crippen LogP contribution in [0, 0.1) is 11.7 Å². The second-order valence-corrected chi connectivity index (χ2v) is 6.58. The van der Waals surface area contributed by atoms with E-state index in [1.807, 2.05) is 11.5 Å². The van der Waals surface area contributed by atoms with Crippen molar-refractivity contribution in [2.24, 2.45) is 0 Å². The molecule has 124 valence electrons. The van der Waals surface area contributed by atoms with Gasteiger partial charge in [0.2, 0.25) is 5.91 Å². The number of hydrogen-bond donors (Lipinski definition) is 2. The van der Waals surface area contributed by atoms with Crippen LogP contribution in [0.1, 0.15) is 38.3 Å². The second-order valence-electron chi connectivity index (χ2n) is 5.19. The fraction of sp³-hybridized carbons (Fsp3) is 0.467. The van der Waals surface area contributed by atoms with E-state index in [0.29, 0.717) is 22.9 Å². The second kappa shape index (κ2) is 8.16. The minimum absolute atomic E-state index is 0.00343. The number of aryl methyl sites for hydroxylation is 1. The van der Waals surface area contributed by atoms with Crippen LogP contribution in [-0.4, -0.2) is 25.7 Å². The summed E-state index contributed by atoms with van der Waals surface area (Å²) in [5, 5.41) is 10.5. The van der Waals surface area contributed by atoms with E-state index in [2.05, 4.69) is 34.0 Å². The SMILES string of the molecule is C=CCn1c(-c2sc(NC(=O)CCCCC)nc2C)n[nH]c1=S. The third-order valence-corrected chi connectivity index (χ3v) is 4.70. The molecule has 0 aliphatic rings. The van der Waals surface area contributed by atoms with Crippen molar-refractivity contribution in [3.8, 4) is 10.7 Å². The largest absolute Gasteiger partial charge is 0.302 e. The van der Waals surface area contributed by atoms with E-state index in [0.717, 1.165) is 35.7 Å². The summed E-state index contributed by atoms with van der Waals surface area (Å²) in [4.78, 5) is 17.2. The summed E-state index contributed by atoms with van der Waals surface area (Å²) in [5.41, 5.74) is 0.818. The standard InChI is InChI=1S/C15H21N5OS2/c1-4-6-7-8-11(21)17-14-16-10(3)12(23-14)13-18-19-15(22)20(13)9-5-2/h5H,2,4,6-9H2,1,3H3,(H,19,22)(H,16,17,21). The molecule has 1 amide bonds. The molecule has 0 aromatic carbocycles. The average Bonchev–Trinajstić information content (AvgIpc) is 3.03. The Morgan fingerprint density at radius 2 is 2.30 bits per heavy atom. The molecule has 2 aromatic rings.